The van der Waals surface area contributed by atoms with E-state index >= 15 is 0 Å². The van der Waals surface area contributed by atoms with Gasteiger partial charge in [0.2, 0.25) is 0 Å². The summed E-state index contributed by atoms with van der Waals surface area (Å²) in [5, 5.41) is 8.89. The highest BCUT2D eigenvalue weighted by Crippen LogP contribution is 2.10. The predicted octanol–water partition coefficient (Wildman–Crippen LogP) is 0.386. The molecule has 1 aromatic heterocycles. The summed E-state index contributed by atoms with van der Waals surface area (Å²) in [6, 6.07) is 3.61. The Kier molecular flexibility index (Phi) is 2.69. The highest BCUT2D eigenvalue weighted by molar-refractivity contribution is 7.99. The van der Waals surface area contributed by atoms with Crippen LogP contribution >= 0.6 is 11.8 Å². The summed E-state index contributed by atoms with van der Waals surface area (Å²) >= 11 is 1.28. The van der Waals surface area contributed by atoms with E-state index in [1.54, 1.807) is 6.07 Å². The molecule has 0 aliphatic heterocycles. The zero-order valence-electron chi connectivity index (χ0n) is 5.57. The van der Waals surface area contributed by atoms with Crippen molar-refractivity contribution in [2.75, 3.05) is 5.75 Å². The number of nitrogens with one attached hydrogen (secondary N) is 1. The maximum atomic E-state index is 10.6. The molecule has 0 bridgehead atoms. The van der Waals surface area contributed by atoms with Crippen molar-refractivity contribution in [3.05, 3.63) is 22.7 Å². The fourth-order valence-electron chi connectivity index (χ4n) is 0.546. The minimum atomic E-state index is -0.382. The second-order valence-electron chi connectivity index (χ2n) is 1.69. The molecule has 0 fully saturated rings. The van der Waals surface area contributed by atoms with Crippen LogP contribution in [0.5, 0.6) is 0 Å². The molecule has 4 nitrogen and oxygen atoms in total. The van der Waals surface area contributed by atoms with E-state index in [4.69, 9.17) is 5.26 Å². The highest BCUT2D eigenvalue weighted by atomic mass is 32.2. The van der Waals surface area contributed by atoms with E-state index in [9.17, 15) is 4.79 Å². The summed E-state index contributed by atoms with van der Waals surface area (Å²) < 4.78 is 0. The number of hydrogen-bond donors (Lipinski definition) is 1. The Balaban J connectivity index is 2.73. The fourth-order valence-corrected chi connectivity index (χ4v) is 1.08. The first kappa shape index (κ1) is 7.82. The number of thioether (sulfide) groups is 1. The molecule has 0 atom stereocenters. The van der Waals surface area contributed by atoms with Crippen LogP contribution in [0, 0.1) is 11.3 Å². The summed E-state index contributed by atoms with van der Waals surface area (Å²) in [6.45, 7) is 0. The SMILES string of the molecule is N#CCSc1ccnc(=O)[nH]1. The third kappa shape index (κ3) is 2.43. The molecule has 5 heteroatoms. The first-order valence-corrected chi connectivity index (χ1v) is 3.86. The van der Waals surface area contributed by atoms with E-state index < -0.39 is 0 Å². The molecule has 1 N–H and O–H groups in total. The van der Waals surface area contributed by atoms with Gasteiger partial charge in [0, 0.05) is 6.20 Å². The predicted molar refractivity (Wildman–Crippen MR) is 41.2 cm³/mol. The number of H-pyrrole nitrogens is 1. The lowest BCUT2D eigenvalue weighted by Gasteiger charge is -1.92. The van der Waals surface area contributed by atoms with Crippen molar-refractivity contribution >= 4 is 11.8 Å². The molecule has 11 heavy (non-hydrogen) atoms. The summed E-state index contributed by atoms with van der Waals surface area (Å²) in [4.78, 5) is 16.5. The Bertz CT molecular complexity index is 327. The van der Waals surface area contributed by atoms with E-state index in [0.29, 0.717) is 10.8 Å². The Labute approximate surface area is 67.3 Å². The average molecular weight is 167 g/mol. The van der Waals surface area contributed by atoms with Crippen molar-refractivity contribution in [1.82, 2.24) is 9.97 Å². The van der Waals surface area contributed by atoms with Crippen LogP contribution in [0.1, 0.15) is 0 Å². The maximum Gasteiger partial charge on any atom is 0.345 e. The molecule has 0 saturated carbocycles. The van der Waals surface area contributed by atoms with Crippen LogP contribution in [0.4, 0.5) is 0 Å². The van der Waals surface area contributed by atoms with E-state index in [-0.39, 0.29) is 5.69 Å². The van der Waals surface area contributed by atoms with Gasteiger partial charge in [0.05, 0.1) is 16.8 Å². The van der Waals surface area contributed by atoms with Gasteiger partial charge in [-0.2, -0.15) is 5.26 Å². The standard InChI is InChI=1S/C6H5N3OS/c7-2-4-11-5-1-3-8-6(10)9-5/h1,3H,4H2,(H,8,9,10). The van der Waals surface area contributed by atoms with Crippen molar-refractivity contribution in [2.24, 2.45) is 0 Å². The van der Waals surface area contributed by atoms with Crippen molar-refractivity contribution in [3.8, 4) is 6.07 Å². The molecule has 0 aliphatic carbocycles. The van der Waals surface area contributed by atoms with Crippen molar-refractivity contribution in [3.63, 3.8) is 0 Å². The first-order valence-electron chi connectivity index (χ1n) is 2.88. The van der Waals surface area contributed by atoms with Gasteiger partial charge in [-0.3, -0.25) is 0 Å². The molecule has 1 aromatic rings. The molecule has 0 unspecified atom stereocenters. The van der Waals surface area contributed by atoms with Gasteiger partial charge in [-0.05, 0) is 6.07 Å². The highest BCUT2D eigenvalue weighted by Gasteiger charge is 1.92. The van der Waals surface area contributed by atoms with Crippen LogP contribution in [0.3, 0.4) is 0 Å². The maximum absolute atomic E-state index is 10.6. The minimum Gasteiger partial charge on any atom is -0.300 e. The van der Waals surface area contributed by atoms with E-state index in [2.05, 4.69) is 9.97 Å². The van der Waals surface area contributed by atoms with Crippen LogP contribution < -0.4 is 5.69 Å². The van der Waals surface area contributed by atoms with Crippen LogP contribution in [-0.2, 0) is 0 Å². The van der Waals surface area contributed by atoms with Crippen molar-refractivity contribution < 1.29 is 0 Å². The third-order valence-electron chi connectivity index (χ3n) is 0.940. The van der Waals surface area contributed by atoms with Gasteiger partial charge in [-0.25, -0.2) is 9.78 Å². The largest absolute Gasteiger partial charge is 0.345 e. The van der Waals surface area contributed by atoms with Crippen LogP contribution in [0.2, 0.25) is 0 Å². The molecule has 0 spiro atoms. The number of nitriles is 1. The molecule has 0 saturated heterocycles. The van der Waals surface area contributed by atoms with Gasteiger partial charge in [0.1, 0.15) is 0 Å². The lowest BCUT2D eigenvalue weighted by molar-refractivity contribution is 0.980. The number of aromatic nitrogens is 2. The third-order valence-corrected chi connectivity index (χ3v) is 1.76. The number of aromatic amines is 1. The van der Waals surface area contributed by atoms with Gasteiger partial charge in [-0.1, -0.05) is 11.8 Å². The summed E-state index contributed by atoms with van der Waals surface area (Å²) in [5.41, 5.74) is -0.382. The molecular weight excluding hydrogens is 162 g/mol. The molecule has 0 aromatic carbocycles. The number of nitrogens with zero attached hydrogens (tertiary/aromatic N) is 2. The molecule has 0 radical (unpaired) electrons. The average Bonchev–Trinajstić information content (AvgIpc) is 2.01. The zero-order chi connectivity index (χ0) is 8.10. The minimum absolute atomic E-state index is 0.333. The molecular formula is C6H5N3OS. The molecule has 1 rings (SSSR count). The Morgan fingerprint density at radius 3 is 3.27 bits per heavy atom. The van der Waals surface area contributed by atoms with Gasteiger partial charge < -0.3 is 4.98 Å². The van der Waals surface area contributed by atoms with Crippen molar-refractivity contribution in [1.29, 1.82) is 5.26 Å². The van der Waals surface area contributed by atoms with E-state index in [1.165, 1.54) is 18.0 Å². The number of hydrogen-bond acceptors (Lipinski definition) is 4. The smallest absolute Gasteiger partial charge is 0.300 e. The fraction of sp³-hybridized carbons (Fsp3) is 0.167. The second-order valence-corrected chi connectivity index (χ2v) is 2.70. The number of rotatable bonds is 2. The summed E-state index contributed by atoms with van der Waals surface area (Å²) in [5.74, 6) is 0.333. The van der Waals surface area contributed by atoms with Gasteiger partial charge in [0.15, 0.2) is 0 Å². The normalized spacial score (nSPS) is 9.00. The topological polar surface area (TPSA) is 69.5 Å². The van der Waals surface area contributed by atoms with E-state index in [0.717, 1.165) is 0 Å². The lowest BCUT2D eigenvalue weighted by Crippen LogP contribution is -2.08. The Morgan fingerprint density at radius 2 is 2.64 bits per heavy atom. The van der Waals surface area contributed by atoms with Gasteiger partial charge in [0.25, 0.3) is 0 Å². The zero-order valence-corrected chi connectivity index (χ0v) is 6.39. The summed E-state index contributed by atoms with van der Waals surface area (Å²) in [7, 11) is 0. The second kappa shape index (κ2) is 3.78. The van der Waals surface area contributed by atoms with Gasteiger partial charge >= 0.3 is 5.69 Å². The van der Waals surface area contributed by atoms with Crippen molar-refractivity contribution in [2.45, 2.75) is 5.03 Å². The van der Waals surface area contributed by atoms with Crippen LogP contribution in [-0.4, -0.2) is 15.7 Å². The van der Waals surface area contributed by atoms with Crippen LogP contribution in [0.15, 0.2) is 22.1 Å². The van der Waals surface area contributed by atoms with E-state index in [1.807, 2.05) is 6.07 Å². The molecule has 0 amide bonds. The molecule has 1 heterocycles. The van der Waals surface area contributed by atoms with Crippen LogP contribution in [0.25, 0.3) is 0 Å². The molecule has 56 valence electrons. The lowest BCUT2D eigenvalue weighted by atomic mass is 10.7. The Morgan fingerprint density at radius 1 is 1.82 bits per heavy atom. The molecule has 0 aliphatic rings. The monoisotopic (exact) mass is 167 g/mol. The van der Waals surface area contributed by atoms with Gasteiger partial charge in [-0.15, -0.1) is 0 Å². The summed E-state index contributed by atoms with van der Waals surface area (Å²) in [6.07, 6.45) is 1.42. The quantitative estimate of drug-likeness (QED) is 0.511. The first-order chi connectivity index (χ1) is 5.33. The Hall–Kier alpha value is -1.28.